The molecule has 1 aromatic heterocycles. The van der Waals surface area contributed by atoms with Gasteiger partial charge in [0.05, 0.1) is 26.4 Å². The van der Waals surface area contributed by atoms with E-state index in [1.54, 1.807) is 62.8 Å². The first-order chi connectivity index (χ1) is 16.5. The number of methoxy groups -OCH3 is 1. The summed E-state index contributed by atoms with van der Waals surface area (Å²) in [7, 11) is 1.56. The van der Waals surface area contributed by atoms with Crippen molar-refractivity contribution >= 4 is 16.9 Å². The van der Waals surface area contributed by atoms with E-state index >= 15 is 0 Å². The lowest BCUT2D eigenvalue weighted by Crippen LogP contribution is -2.09. The molecule has 1 heterocycles. The highest BCUT2D eigenvalue weighted by atomic mass is 19.1. The summed E-state index contributed by atoms with van der Waals surface area (Å²) in [4.78, 5) is 12.0. The van der Waals surface area contributed by atoms with Crippen LogP contribution in [0.5, 0.6) is 11.5 Å². The van der Waals surface area contributed by atoms with Gasteiger partial charge in [-0.25, -0.2) is 4.39 Å². The van der Waals surface area contributed by atoms with Crippen molar-refractivity contribution in [3.8, 4) is 22.6 Å². The van der Waals surface area contributed by atoms with Crippen LogP contribution in [0.2, 0.25) is 0 Å². The Bertz CT molecular complexity index is 1310. The number of benzene rings is 3. The van der Waals surface area contributed by atoms with Crippen molar-refractivity contribution in [1.29, 1.82) is 0 Å². The molecule has 7 heteroatoms. The number of halogens is 1. The Morgan fingerprint density at radius 2 is 1.91 bits per heavy atom. The third-order valence-electron chi connectivity index (χ3n) is 5.56. The zero-order chi connectivity index (χ0) is 24.1. The number of carbonyl (C=O) groups is 1. The second-order valence-corrected chi connectivity index (χ2v) is 7.70. The maximum Gasteiger partial charge on any atom is 0.310 e. The van der Waals surface area contributed by atoms with Gasteiger partial charge in [-0.15, -0.1) is 0 Å². The van der Waals surface area contributed by atoms with E-state index < -0.39 is 0 Å². The van der Waals surface area contributed by atoms with E-state index in [1.165, 1.54) is 0 Å². The van der Waals surface area contributed by atoms with E-state index in [-0.39, 0.29) is 31.4 Å². The van der Waals surface area contributed by atoms with E-state index in [1.807, 2.05) is 12.1 Å². The van der Waals surface area contributed by atoms with Crippen LogP contribution in [0.1, 0.15) is 23.6 Å². The maximum absolute atomic E-state index is 14.9. The summed E-state index contributed by atoms with van der Waals surface area (Å²) in [6.45, 7) is 2.38. The van der Waals surface area contributed by atoms with Crippen molar-refractivity contribution in [2.24, 2.45) is 5.73 Å². The van der Waals surface area contributed by atoms with Gasteiger partial charge in [0, 0.05) is 40.3 Å². The van der Waals surface area contributed by atoms with Gasteiger partial charge in [-0.1, -0.05) is 30.3 Å². The Morgan fingerprint density at radius 3 is 2.68 bits per heavy atom. The standard InChI is InChI=1S/C27H26FNO5/c1-3-32-26(30)12-18-7-9-21(31-2)13-25(18)34-16-20-15-33-24-10-8-17(11-23(20)24)22-6-4-5-19(14-29)27(22)28/h4-11,13,15H,3,12,14,16,29H2,1-2H3. The topological polar surface area (TPSA) is 83.9 Å². The van der Waals surface area contributed by atoms with Crippen molar-refractivity contribution in [2.45, 2.75) is 26.5 Å². The lowest BCUT2D eigenvalue weighted by molar-refractivity contribution is -0.142. The van der Waals surface area contributed by atoms with E-state index in [2.05, 4.69) is 0 Å². The number of rotatable bonds is 9. The molecule has 4 aromatic rings. The molecule has 0 aliphatic rings. The van der Waals surface area contributed by atoms with Gasteiger partial charge in [0.25, 0.3) is 0 Å². The molecule has 176 valence electrons. The molecule has 0 atom stereocenters. The zero-order valence-electron chi connectivity index (χ0n) is 19.1. The largest absolute Gasteiger partial charge is 0.497 e. The summed E-state index contributed by atoms with van der Waals surface area (Å²) >= 11 is 0. The first-order valence-electron chi connectivity index (χ1n) is 11.0. The fraction of sp³-hybridized carbons (Fsp3) is 0.222. The molecule has 0 aliphatic carbocycles. The molecular weight excluding hydrogens is 437 g/mol. The van der Waals surface area contributed by atoms with E-state index in [4.69, 9.17) is 24.4 Å². The van der Waals surface area contributed by atoms with Crippen LogP contribution in [0, 0.1) is 5.82 Å². The molecule has 0 saturated carbocycles. The van der Waals surface area contributed by atoms with Crippen LogP contribution in [0.4, 0.5) is 4.39 Å². The van der Waals surface area contributed by atoms with Crippen molar-refractivity contribution in [3.05, 3.63) is 83.4 Å². The number of hydrogen-bond acceptors (Lipinski definition) is 6. The van der Waals surface area contributed by atoms with Gasteiger partial charge in [-0.3, -0.25) is 4.79 Å². The average molecular weight is 464 g/mol. The number of ether oxygens (including phenoxy) is 3. The molecule has 0 fully saturated rings. The lowest BCUT2D eigenvalue weighted by atomic mass is 10.00. The Morgan fingerprint density at radius 1 is 1.06 bits per heavy atom. The number of esters is 1. The van der Waals surface area contributed by atoms with Crippen molar-refractivity contribution in [2.75, 3.05) is 13.7 Å². The fourth-order valence-corrected chi connectivity index (χ4v) is 3.79. The Balaban J connectivity index is 1.62. The minimum Gasteiger partial charge on any atom is -0.497 e. The van der Waals surface area contributed by atoms with Crippen molar-refractivity contribution in [3.63, 3.8) is 0 Å². The highest BCUT2D eigenvalue weighted by molar-refractivity contribution is 5.86. The molecule has 0 spiro atoms. The molecule has 0 amide bonds. The van der Waals surface area contributed by atoms with E-state index in [0.717, 1.165) is 10.9 Å². The molecule has 0 saturated heterocycles. The molecule has 0 unspecified atom stereocenters. The van der Waals surface area contributed by atoms with Gasteiger partial charge in [0.15, 0.2) is 0 Å². The number of fused-ring (bicyclic) bond motifs is 1. The summed E-state index contributed by atoms with van der Waals surface area (Å²) in [5.41, 5.74) is 9.45. The third kappa shape index (κ3) is 4.89. The molecule has 4 rings (SSSR count). The molecule has 0 radical (unpaired) electrons. The van der Waals surface area contributed by atoms with Crippen LogP contribution in [-0.2, 0) is 29.1 Å². The number of nitrogens with two attached hydrogens (primary N) is 1. The lowest BCUT2D eigenvalue weighted by Gasteiger charge is -2.13. The van der Waals surface area contributed by atoms with Gasteiger partial charge < -0.3 is 24.4 Å². The minimum atomic E-state index is -0.336. The summed E-state index contributed by atoms with van der Waals surface area (Å²) in [6.07, 6.45) is 1.70. The van der Waals surface area contributed by atoms with Crippen LogP contribution >= 0.6 is 0 Å². The van der Waals surface area contributed by atoms with Gasteiger partial charge in [-0.05, 0) is 30.7 Å². The van der Waals surface area contributed by atoms with E-state index in [9.17, 15) is 9.18 Å². The molecule has 34 heavy (non-hydrogen) atoms. The SMILES string of the molecule is CCOC(=O)Cc1ccc(OC)cc1OCc1coc2ccc(-c3cccc(CN)c3F)cc12. The normalized spacial score (nSPS) is 10.9. The first-order valence-corrected chi connectivity index (χ1v) is 11.0. The molecule has 3 aromatic carbocycles. The molecular formula is C27H26FNO5. The molecule has 0 aliphatic heterocycles. The Kier molecular flexibility index (Phi) is 7.13. The molecule has 6 nitrogen and oxygen atoms in total. The van der Waals surface area contributed by atoms with Crippen LogP contribution < -0.4 is 15.2 Å². The van der Waals surface area contributed by atoms with Crippen LogP contribution in [0.15, 0.2) is 65.3 Å². The molecule has 0 bridgehead atoms. The van der Waals surface area contributed by atoms with Gasteiger partial charge in [0.1, 0.15) is 29.5 Å². The summed E-state index contributed by atoms with van der Waals surface area (Å²) in [5.74, 6) is 0.458. The fourth-order valence-electron chi connectivity index (χ4n) is 3.79. The second kappa shape index (κ2) is 10.4. The third-order valence-corrected chi connectivity index (χ3v) is 5.56. The zero-order valence-corrected chi connectivity index (χ0v) is 19.1. The van der Waals surface area contributed by atoms with Crippen molar-refractivity contribution in [1.82, 2.24) is 0 Å². The van der Waals surface area contributed by atoms with Gasteiger partial charge in [0.2, 0.25) is 0 Å². The summed E-state index contributed by atoms with van der Waals surface area (Å²) in [5, 5.41) is 0.810. The second-order valence-electron chi connectivity index (χ2n) is 7.70. The van der Waals surface area contributed by atoms with E-state index in [0.29, 0.717) is 45.9 Å². The highest BCUT2D eigenvalue weighted by Crippen LogP contribution is 2.32. The predicted octanol–water partition coefficient (Wildman–Crippen LogP) is 5.39. The van der Waals surface area contributed by atoms with Crippen LogP contribution in [-0.4, -0.2) is 19.7 Å². The monoisotopic (exact) mass is 463 g/mol. The van der Waals surface area contributed by atoms with Crippen molar-refractivity contribution < 1.29 is 27.8 Å². The van der Waals surface area contributed by atoms with Gasteiger partial charge >= 0.3 is 5.97 Å². The minimum absolute atomic E-state index is 0.0835. The quantitative estimate of drug-likeness (QED) is 0.335. The number of carbonyl (C=O) groups excluding carboxylic acids is 1. The average Bonchev–Trinajstić information content (AvgIpc) is 3.26. The first kappa shape index (κ1) is 23.3. The number of furan rings is 1. The van der Waals surface area contributed by atoms with Crippen LogP contribution in [0.3, 0.4) is 0 Å². The molecule has 2 N–H and O–H groups in total. The Hall–Kier alpha value is -3.84. The smallest absolute Gasteiger partial charge is 0.310 e. The van der Waals surface area contributed by atoms with Gasteiger partial charge in [-0.2, -0.15) is 0 Å². The Labute approximate surface area is 197 Å². The number of hydrogen-bond donors (Lipinski definition) is 1. The highest BCUT2D eigenvalue weighted by Gasteiger charge is 2.15. The maximum atomic E-state index is 14.9. The predicted molar refractivity (Wildman–Crippen MR) is 127 cm³/mol. The van der Waals surface area contributed by atoms with Crippen LogP contribution in [0.25, 0.3) is 22.1 Å². The summed E-state index contributed by atoms with van der Waals surface area (Å²) in [6, 6.07) is 16.0. The summed E-state index contributed by atoms with van der Waals surface area (Å²) < 4.78 is 37.0.